The second-order valence-corrected chi connectivity index (χ2v) is 4.85. The smallest absolute Gasteiger partial charge is 0.0921 e. The number of rotatable bonds is 4. The molecule has 4 heteroatoms. The van der Waals surface area contributed by atoms with Gasteiger partial charge in [-0.25, -0.2) is 0 Å². The Bertz CT molecular complexity index is 228. The molecule has 1 rings (SSSR count). The van der Waals surface area contributed by atoms with Gasteiger partial charge in [0.1, 0.15) is 0 Å². The van der Waals surface area contributed by atoms with Crippen molar-refractivity contribution in [3.8, 4) is 0 Å². The standard InChI is InChI=1S/C11H23N3O/c1-4-9(7-10(12)13)14-5-6-15-8-11(14,2)3/h9H,4-8H2,1-3H3,(H3,12,13). The van der Waals surface area contributed by atoms with Gasteiger partial charge in [0.25, 0.3) is 0 Å². The van der Waals surface area contributed by atoms with Gasteiger partial charge in [-0.05, 0) is 20.3 Å². The van der Waals surface area contributed by atoms with Gasteiger partial charge in [0.2, 0.25) is 0 Å². The van der Waals surface area contributed by atoms with E-state index in [0.29, 0.717) is 12.5 Å². The maximum Gasteiger partial charge on any atom is 0.0921 e. The van der Waals surface area contributed by atoms with Gasteiger partial charge in [-0.2, -0.15) is 0 Å². The first-order valence-corrected chi connectivity index (χ1v) is 5.64. The Kier molecular flexibility index (Phi) is 4.11. The number of nitrogens with zero attached hydrogens (tertiary/aromatic N) is 1. The van der Waals surface area contributed by atoms with Gasteiger partial charge < -0.3 is 10.5 Å². The lowest BCUT2D eigenvalue weighted by Crippen LogP contribution is -2.57. The monoisotopic (exact) mass is 213 g/mol. The molecule has 3 N–H and O–H groups in total. The number of amidine groups is 1. The SMILES string of the molecule is CCC(CC(=N)N)N1CCOCC1(C)C. The average molecular weight is 213 g/mol. The number of morpholine rings is 1. The van der Waals surface area contributed by atoms with Crippen molar-refractivity contribution in [2.45, 2.75) is 45.2 Å². The normalized spacial score (nSPS) is 23.7. The van der Waals surface area contributed by atoms with Crippen LogP contribution in [0.2, 0.25) is 0 Å². The minimum absolute atomic E-state index is 0.0639. The molecule has 0 radical (unpaired) electrons. The summed E-state index contributed by atoms with van der Waals surface area (Å²) in [5.74, 6) is 0.282. The van der Waals surface area contributed by atoms with E-state index in [9.17, 15) is 0 Å². The molecular formula is C11H23N3O. The Balaban J connectivity index is 2.68. The third-order valence-corrected chi connectivity index (χ3v) is 3.08. The van der Waals surface area contributed by atoms with Crippen LogP contribution >= 0.6 is 0 Å². The van der Waals surface area contributed by atoms with Crippen LogP contribution in [0.5, 0.6) is 0 Å². The highest BCUT2D eigenvalue weighted by atomic mass is 16.5. The van der Waals surface area contributed by atoms with Gasteiger partial charge in [-0.3, -0.25) is 10.3 Å². The van der Waals surface area contributed by atoms with E-state index in [-0.39, 0.29) is 11.4 Å². The van der Waals surface area contributed by atoms with Crippen LogP contribution in [0, 0.1) is 5.41 Å². The Hall–Kier alpha value is -0.610. The summed E-state index contributed by atoms with van der Waals surface area (Å²) in [6, 6.07) is 0.376. The molecule has 15 heavy (non-hydrogen) atoms. The minimum Gasteiger partial charge on any atom is -0.388 e. The maximum atomic E-state index is 7.40. The third kappa shape index (κ3) is 3.18. The van der Waals surface area contributed by atoms with E-state index in [2.05, 4.69) is 25.7 Å². The van der Waals surface area contributed by atoms with Gasteiger partial charge in [0, 0.05) is 24.5 Å². The molecule has 0 amide bonds. The molecule has 1 atom stereocenters. The molecule has 0 aromatic rings. The molecule has 1 heterocycles. The van der Waals surface area contributed by atoms with Gasteiger partial charge in [-0.15, -0.1) is 0 Å². The lowest BCUT2D eigenvalue weighted by atomic mass is 9.96. The van der Waals surface area contributed by atoms with Crippen molar-refractivity contribution in [1.82, 2.24) is 4.90 Å². The second-order valence-electron chi connectivity index (χ2n) is 4.85. The Morgan fingerprint density at radius 3 is 2.73 bits per heavy atom. The molecule has 0 bridgehead atoms. The van der Waals surface area contributed by atoms with Crippen LogP contribution in [0.3, 0.4) is 0 Å². The minimum atomic E-state index is 0.0639. The predicted octanol–water partition coefficient (Wildman–Crippen LogP) is 1.20. The molecule has 1 fully saturated rings. The second kappa shape index (κ2) is 4.94. The van der Waals surface area contributed by atoms with Gasteiger partial charge in [0.05, 0.1) is 19.0 Å². The highest BCUT2D eigenvalue weighted by Gasteiger charge is 2.34. The van der Waals surface area contributed by atoms with E-state index in [4.69, 9.17) is 15.9 Å². The fraction of sp³-hybridized carbons (Fsp3) is 0.909. The van der Waals surface area contributed by atoms with Crippen molar-refractivity contribution in [3.05, 3.63) is 0 Å². The first-order valence-electron chi connectivity index (χ1n) is 5.64. The maximum absolute atomic E-state index is 7.40. The number of ether oxygens (including phenoxy) is 1. The highest BCUT2D eigenvalue weighted by Crippen LogP contribution is 2.24. The third-order valence-electron chi connectivity index (χ3n) is 3.08. The van der Waals surface area contributed by atoms with Crippen molar-refractivity contribution in [2.75, 3.05) is 19.8 Å². The molecule has 1 aliphatic rings. The van der Waals surface area contributed by atoms with Crippen LogP contribution in [-0.2, 0) is 4.74 Å². The fourth-order valence-electron chi connectivity index (χ4n) is 2.28. The number of hydrogen-bond donors (Lipinski definition) is 2. The lowest BCUT2D eigenvalue weighted by Gasteiger charge is -2.46. The molecule has 0 spiro atoms. The number of nitrogens with two attached hydrogens (primary N) is 1. The van der Waals surface area contributed by atoms with Crippen LogP contribution in [0.4, 0.5) is 0 Å². The Labute approximate surface area is 92.3 Å². The molecule has 1 aliphatic heterocycles. The van der Waals surface area contributed by atoms with Crippen LogP contribution in [0.15, 0.2) is 0 Å². The quantitative estimate of drug-likeness (QED) is 0.545. The van der Waals surface area contributed by atoms with E-state index in [1.807, 2.05) is 0 Å². The van der Waals surface area contributed by atoms with Gasteiger partial charge in [-0.1, -0.05) is 6.92 Å². The molecule has 1 saturated heterocycles. The van der Waals surface area contributed by atoms with E-state index >= 15 is 0 Å². The van der Waals surface area contributed by atoms with Crippen molar-refractivity contribution in [3.63, 3.8) is 0 Å². The van der Waals surface area contributed by atoms with E-state index in [1.165, 1.54) is 0 Å². The van der Waals surface area contributed by atoms with Gasteiger partial charge in [0.15, 0.2) is 0 Å². The van der Waals surface area contributed by atoms with Crippen LogP contribution in [-0.4, -0.2) is 42.1 Å². The van der Waals surface area contributed by atoms with Crippen molar-refractivity contribution >= 4 is 5.84 Å². The summed E-state index contributed by atoms with van der Waals surface area (Å²) in [5, 5.41) is 7.40. The van der Waals surface area contributed by atoms with Crippen molar-refractivity contribution in [2.24, 2.45) is 5.73 Å². The summed E-state index contributed by atoms with van der Waals surface area (Å²) in [5.41, 5.74) is 5.55. The summed E-state index contributed by atoms with van der Waals surface area (Å²) in [6.07, 6.45) is 1.70. The molecule has 0 saturated carbocycles. The van der Waals surface area contributed by atoms with Crippen LogP contribution in [0.25, 0.3) is 0 Å². The Morgan fingerprint density at radius 1 is 1.60 bits per heavy atom. The topological polar surface area (TPSA) is 62.3 Å². The molecule has 0 aromatic carbocycles. The largest absolute Gasteiger partial charge is 0.388 e. The lowest BCUT2D eigenvalue weighted by molar-refractivity contribution is -0.0713. The predicted molar refractivity (Wildman–Crippen MR) is 62.2 cm³/mol. The van der Waals surface area contributed by atoms with Crippen LogP contribution in [0.1, 0.15) is 33.6 Å². The molecule has 1 unspecified atom stereocenters. The first kappa shape index (κ1) is 12.5. The van der Waals surface area contributed by atoms with Gasteiger partial charge >= 0.3 is 0 Å². The first-order chi connectivity index (χ1) is 6.97. The highest BCUT2D eigenvalue weighted by molar-refractivity contribution is 5.77. The summed E-state index contributed by atoms with van der Waals surface area (Å²) in [6.45, 7) is 9.03. The number of nitrogens with one attached hydrogen (secondary N) is 1. The summed E-state index contributed by atoms with van der Waals surface area (Å²) in [7, 11) is 0. The van der Waals surface area contributed by atoms with Crippen molar-refractivity contribution < 1.29 is 4.74 Å². The summed E-state index contributed by atoms with van der Waals surface area (Å²) < 4.78 is 5.49. The summed E-state index contributed by atoms with van der Waals surface area (Å²) >= 11 is 0. The molecule has 0 aromatic heterocycles. The average Bonchev–Trinajstić information content (AvgIpc) is 2.14. The van der Waals surface area contributed by atoms with Crippen LogP contribution < -0.4 is 5.73 Å². The van der Waals surface area contributed by atoms with Crippen molar-refractivity contribution in [1.29, 1.82) is 5.41 Å². The molecule has 4 nitrogen and oxygen atoms in total. The van der Waals surface area contributed by atoms with E-state index < -0.39 is 0 Å². The fourth-order valence-corrected chi connectivity index (χ4v) is 2.28. The molecule has 0 aliphatic carbocycles. The molecule has 88 valence electrons. The number of hydrogen-bond acceptors (Lipinski definition) is 3. The van der Waals surface area contributed by atoms with E-state index in [0.717, 1.165) is 26.2 Å². The zero-order valence-corrected chi connectivity index (χ0v) is 10.0. The van der Waals surface area contributed by atoms with E-state index in [1.54, 1.807) is 0 Å². The summed E-state index contributed by atoms with van der Waals surface area (Å²) in [4.78, 5) is 2.43. The Morgan fingerprint density at radius 2 is 2.27 bits per heavy atom. The zero-order chi connectivity index (χ0) is 11.5. The zero-order valence-electron chi connectivity index (χ0n) is 10.0. The molecular weight excluding hydrogens is 190 g/mol.